The van der Waals surface area contributed by atoms with Crippen molar-refractivity contribution in [2.45, 2.75) is 174 Å². The first kappa shape index (κ1) is 37.7. The molecule has 0 aliphatic carbocycles. The van der Waals surface area contributed by atoms with Crippen LogP contribution in [0.15, 0.2) is 0 Å². The Morgan fingerprint density at radius 3 is 1.88 bits per heavy atom. The second-order valence-corrected chi connectivity index (χ2v) is 15.0. The van der Waals surface area contributed by atoms with E-state index in [0.717, 1.165) is 32.1 Å². The van der Waals surface area contributed by atoms with Crippen molar-refractivity contribution in [3.05, 3.63) is 0 Å². The van der Waals surface area contributed by atoms with E-state index in [9.17, 15) is 14.3 Å². The van der Waals surface area contributed by atoms with Gasteiger partial charge in [-0.15, -0.1) is 0 Å². The molecule has 8 nitrogen and oxygen atoms in total. The third-order valence-electron chi connectivity index (χ3n) is 10.1. The molecule has 9 heteroatoms. The second-order valence-electron chi connectivity index (χ2n) is 13.7. The second kappa shape index (κ2) is 17.8. The number of hydrogen-bond acceptors (Lipinski definition) is 7. The number of nitrogens with zero attached hydrogens (tertiary/aromatic N) is 1. The van der Waals surface area contributed by atoms with Crippen molar-refractivity contribution in [3.8, 4) is 0 Å². The number of rotatable bonds is 23. The molecule has 0 amide bonds. The highest BCUT2D eigenvalue weighted by atomic mass is 31.2. The third kappa shape index (κ3) is 10.0. The average molecular weight is 618 g/mol. The first-order chi connectivity index (χ1) is 19.9. The zero-order valence-electron chi connectivity index (χ0n) is 28.1. The molecule has 2 aliphatic heterocycles. The van der Waals surface area contributed by atoms with Crippen LogP contribution < -0.4 is 4.89 Å². The molecule has 5 unspecified atom stereocenters. The van der Waals surface area contributed by atoms with Crippen molar-refractivity contribution in [1.82, 2.24) is 0 Å². The van der Waals surface area contributed by atoms with E-state index in [4.69, 9.17) is 18.5 Å². The van der Waals surface area contributed by atoms with Gasteiger partial charge in [-0.25, -0.2) is 0 Å². The van der Waals surface area contributed by atoms with Crippen molar-refractivity contribution < 1.29 is 37.3 Å². The maximum absolute atomic E-state index is 13.1. The summed E-state index contributed by atoms with van der Waals surface area (Å²) in [5.41, 5.74) is -0.547. The van der Waals surface area contributed by atoms with Gasteiger partial charge in [0.2, 0.25) is 11.9 Å². The largest absolute Gasteiger partial charge is 0.756 e. The molecule has 2 aliphatic rings. The van der Waals surface area contributed by atoms with Gasteiger partial charge in [-0.05, 0) is 12.8 Å². The summed E-state index contributed by atoms with van der Waals surface area (Å²) < 4.78 is 37.3. The molecule has 2 bridgehead atoms. The van der Waals surface area contributed by atoms with Crippen molar-refractivity contribution in [2.75, 3.05) is 27.3 Å². The Kier molecular flexibility index (Phi) is 16.0. The Hall–Kier alpha value is -0.500. The first-order valence-corrected chi connectivity index (χ1v) is 18.7. The van der Waals surface area contributed by atoms with Gasteiger partial charge in [0, 0.05) is 25.7 Å². The predicted molar refractivity (Wildman–Crippen MR) is 167 cm³/mol. The van der Waals surface area contributed by atoms with E-state index in [1.54, 1.807) is 0 Å². The summed E-state index contributed by atoms with van der Waals surface area (Å²) in [7, 11) is -0.388. The van der Waals surface area contributed by atoms with Crippen molar-refractivity contribution in [2.24, 2.45) is 5.92 Å². The summed E-state index contributed by atoms with van der Waals surface area (Å²) in [5, 5.41) is 0. The highest BCUT2D eigenvalue weighted by Crippen LogP contribution is 2.60. The lowest BCUT2D eigenvalue weighted by Gasteiger charge is -2.60. The van der Waals surface area contributed by atoms with Crippen LogP contribution in [0.2, 0.25) is 0 Å². The van der Waals surface area contributed by atoms with E-state index < -0.39 is 31.2 Å². The van der Waals surface area contributed by atoms with Gasteiger partial charge >= 0.3 is 5.97 Å². The van der Waals surface area contributed by atoms with E-state index in [2.05, 4.69) is 34.9 Å². The van der Waals surface area contributed by atoms with Crippen molar-refractivity contribution >= 4 is 13.8 Å². The quantitative estimate of drug-likeness (QED) is 0.0376. The summed E-state index contributed by atoms with van der Waals surface area (Å²) >= 11 is 0. The number of carbonyl (C=O) groups is 1. The smallest absolute Gasteiger partial charge is 0.303 e. The van der Waals surface area contributed by atoms with Gasteiger partial charge in [0.1, 0.15) is 5.54 Å². The van der Waals surface area contributed by atoms with E-state index in [1.165, 1.54) is 77.6 Å². The molecule has 0 radical (unpaired) electrons. The Morgan fingerprint density at radius 2 is 1.40 bits per heavy atom. The van der Waals surface area contributed by atoms with E-state index in [-0.39, 0.29) is 18.6 Å². The van der Waals surface area contributed by atoms with Crippen LogP contribution in [-0.4, -0.2) is 61.2 Å². The van der Waals surface area contributed by atoms with Gasteiger partial charge in [0.05, 0.1) is 39.8 Å². The highest BCUT2D eigenvalue weighted by molar-refractivity contribution is 7.45. The molecule has 2 rings (SSSR count). The standard InChI is InChI=1S/C33H64NO7P/c1-8-10-11-12-13-14-15-16-17-18-19-20-21-22-26-38-33(41-42(36,37)39-25-9-2)27-30-23-24-32(28(3)4,34(30,6)7)31(33)40-29(5)35/h28,30-31H,8-27H2,1-7H3. The van der Waals surface area contributed by atoms with Gasteiger partial charge in [0.25, 0.3) is 7.82 Å². The molecule has 2 fully saturated rings. The Balaban J connectivity index is 1.99. The zero-order chi connectivity index (χ0) is 31.3. The lowest BCUT2D eigenvalue weighted by atomic mass is 9.72. The monoisotopic (exact) mass is 617 g/mol. The van der Waals surface area contributed by atoms with E-state index in [1.807, 2.05) is 6.92 Å². The number of quaternary nitrogens is 1. The minimum atomic E-state index is -4.71. The summed E-state index contributed by atoms with van der Waals surface area (Å²) in [6.45, 7) is 10.1. The fourth-order valence-electron chi connectivity index (χ4n) is 7.75. The SMILES string of the molecule is CCCCCCCCCCCCCCCCOC1(OP(=O)([O-])OCCC)CC2CCC(C(C)C)(C1OC(C)=O)[N+]2(C)C. The number of unbranched alkanes of at least 4 members (excludes halogenated alkanes) is 13. The molecule has 0 N–H and O–H groups in total. The Morgan fingerprint density at radius 1 is 0.881 bits per heavy atom. The molecular weight excluding hydrogens is 553 g/mol. The summed E-state index contributed by atoms with van der Waals surface area (Å²) in [6, 6.07) is 0.113. The van der Waals surface area contributed by atoms with Gasteiger partial charge in [-0.2, -0.15) is 0 Å². The number of esters is 1. The molecule has 0 aromatic rings. The van der Waals surface area contributed by atoms with Crippen LogP contribution in [0.5, 0.6) is 0 Å². The molecule has 2 heterocycles. The fourth-order valence-corrected chi connectivity index (χ4v) is 8.81. The van der Waals surface area contributed by atoms with Gasteiger partial charge in [-0.1, -0.05) is 111 Å². The molecule has 2 saturated heterocycles. The van der Waals surface area contributed by atoms with Gasteiger partial charge < -0.3 is 23.4 Å². The van der Waals surface area contributed by atoms with Gasteiger partial charge in [0.15, 0.2) is 0 Å². The summed E-state index contributed by atoms with van der Waals surface area (Å²) in [6.07, 6.45) is 19.3. The summed E-state index contributed by atoms with van der Waals surface area (Å²) in [5.74, 6) is -1.97. The third-order valence-corrected chi connectivity index (χ3v) is 11.1. The number of carbonyl (C=O) groups excluding carboxylic acids is 1. The molecule has 0 spiro atoms. The van der Waals surface area contributed by atoms with Crippen LogP contribution in [0, 0.1) is 5.92 Å². The molecule has 0 aromatic carbocycles. The normalized spacial score (nSPS) is 28.2. The van der Waals surface area contributed by atoms with Crippen LogP contribution in [-0.2, 0) is 27.9 Å². The fraction of sp³-hybridized carbons (Fsp3) is 0.970. The number of phosphoric acid groups is 1. The molecule has 248 valence electrons. The van der Waals surface area contributed by atoms with Crippen LogP contribution in [0.1, 0.15) is 150 Å². The Labute approximate surface area is 257 Å². The number of fused-ring (bicyclic) bond motifs is 2. The summed E-state index contributed by atoms with van der Waals surface area (Å²) in [4.78, 5) is 25.6. The van der Waals surface area contributed by atoms with E-state index in [0.29, 0.717) is 23.9 Å². The number of phosphoric ester groups is 1. The van der Waals surface area contributed by atoms with Crippen molar-refractivity contribution in [1.29, 1.82) is 0 Å². The number of hydrogen-bond donors (Lipinski definition) is 0. The predicted octanol–water partition coefficient (Wildman–Crippen LogP) is 8.06. The van der Waals surface area contributed by atoms with Crippen LogP contribution in [0.3, 0.4) is 0 Å². The molecule has 5 atom stereocenters. The minimum Gasteiger partial charge on any atom is -0.756 e. The average Bonchev–Trinajstić information content (AvgIpc) is 3.08. The zero-order valence-corrected chi connectivity index (χ0v) is 29.0. The molecular formula is C33H64NO7P. The molecule has 42 heavy (non-hydrogen) atoms. The van der Waals surface area contributed by atoms with E-state index >= 15 is 0 Å². The minimum absolute atomic E-state index is 0.0361. The lowest BCUT2D eigenvalue weighted by Crippen LogP contribution is -2.78. The van der Waals surface area contributed by atoms with Crippen LogP contribution in [0.4, 0.5) is 0 Å². The molecule has 0 saturated carbocycles. The maximum Gasteiger partial charge on any atom is 0.303 e. The lowest BCUT2D eigenvalue weighted by molar-refractivity contribution is -0.968. The van der Waals surface area contributed by atoms with Crippen molar-refractivity contribution in [3.63, 3.8) is 0 Å². The first-order valence-electron chi connectivity index (χ1n) is 17.2. The number of piperidine rings is 1. The van der Waals surface area contributed by atoms with Gasteiger partial charge in [-0.3, -0.25) is 13.9 Å². The Bertz CT molecular complexity index is 837. The maximum atomic E-state index is 13.1. The number of likely N-dealkylation sites (N-methyl/N-ethyl adjacent to an activating group) is 1. The van der Waals surface area contributed by atoms with Crippen LogP contribution >= 0.6 is 7.82 Å². The number of ether oxygens (including phenoxy) is 2. The molecule has 0 aromatic heterocycles. The van der Waals surface area contributed by atoms with Crippen LogP contribution in [0.25, 0.3) is 0 Å². The highest BCUT2D eigenvalue weighted by Gasteiger charge is 2.74. The topological polar surface area (TPSA) is 94.1 Å².